The monoisotopic (exact) mass is 306 g/mol. The van der Waals surface area contributed by atoms with Crippen LogP contribution in [0, 0.1) is 11.7 Å². The number of carbonyl (C=O) groups is 1. The van der Waals surface area contributed by atoms with Crippen molar-refractivity contribution in [2.24, 2.45) is 5.92 Å². The molecule has 21 heavy (non-hydrogen) atoms. The summed E-state index contributed by atoms with van der Waals surface area (Å²) in [6.07, 6.45) is 1.87. The number of nitrogens with one attached hydrogen (secondary N) is 2. The molecule has 1 amide bonds. The number of hydrogen-bond acceptors (Lipinski definition) is 4. The molecule has 7 heteroatoms. The van der Waals surface area contributed by atoms with Gasteiger partial charge in [0.2, 0.25) is 5.91 Å². The van der Waals surface area contributed by atoms with Crippen molar-refractivity contribution in [2.45, 2.75) is 12.8 Å². The summed E-state index contributed by atoms with van der Waals surface area (Å²) in [4.78, 5) is 11.6. The Morgan fingerprint density at radius 2 is 1.90 bits per heavy atom. The molecule has 1 heterocycles. The number of amides is 1. The fraction of sp³-hybridized carbons (Fsp3) is 0.214. The smallest absolute Gasteiger partial charge is 0.228 e. The molecule has 108 valence electrons. The largest absolute Gasteiger partial charge is 0.339 e. The summed E-state index contributed by atoms with van der Waals surface area (Å²) in [5.41, 5.74) is 0.602. The normalized spacial score (nSPS) is 13.8. The van der Waals surface area contributed by atoms with Crippen LogP contribution in [0.2, 0.25) is 5.02 Å². The molecule has 1 aromatic carbocycles. The van der Waals surface area contributed by atoms with Crippen molar-refractivity contribution >= 4 is 34.8 Å². The van der Waals surface area contributed by atoms with Crippen LogP contribution in [0.4, 0.5) is 21.7 Å². The molecule has 0 radical (unpaired) electrons. The molecule has 2 aromatic rings. The minimum atomic E-state index is -0.480. The molecule has 0 unspecified atom stereocenters. The highest BCUT2D eigenvalue weighted by molar-refractivity contribution is 6.31. The van der Waals surface area contributed by atoms with Gasteiger partial charge in [0.25, 0.3) is 0 Å². The molecular weight excluding hydrogens is 295 g/mol. The van der Waals surface area contributed by atoms with E-state index in [-0.39, 0.29) is 16.8 Å². The summed E-state index contributed by atoms with van der Waals surface area (Å²) >= 11 is 5.70. The zero-order chi connectivity index (χ0) is 14.8. The topological polar surface area (TPSA) is 66.9 Å². The standard InChI is InChI=1S/C14H12ClFN4O/c15-10-7-9(3-4-11(10)16)17-12-5-6-13(20-19-12)18-14(21)8-1-2-8/h3-8H,1-2H2,(H,17,19)(H,18,20,21). The van der Waals surface area contributed by atoms with Crippen LogP contribution >= 0.6 is 11.6 Å². The fourth-order valence-corrected chi connectivity index (χ4v) is 1.94. The molecule has 1 aliphatic rings. The molecule has 1 aromatic heterocycles. The molecule has 2 N–H and O–H groups in total. The summed E-state index contributed by atoms with van der Waals surface area (Å²) in [6.45, 7) is 0. The Bertz CT molecular complexity index is 673. The van der Waals surface area contributed by atoms with E-state index in [2.05, 4.69) is 20.8 Å². The first kappa shape index (κ1) is 13.8. The highest BCUT2D eigenvalue weighted by atomic mass is 35.5. The molecule has 1 fully saturated rings. The average Bonchev–Trinajstić information content (AvgIpc) is 3.30. The van der Waals surface area contributed by atoms with Gasteiger partial charge in [0.05, 0.1) is 5.02 Å². The van der Waals surface area contributed by atoms with Crippen LogP contribution in [0.1, 0.15) is 12.8 Å². The van der Waals surface area contributed by atoms with Crippen molar-refractivity contribution < 1.29 is 9.18 Å². The van der Waals surface area contributed by atoms with Gasteiger partial charge in [0.15, 0.2) is 11.6 Å². The Hall–Kier alpha value is -2.21. The number of anilines is 3. The number of benzene rings is 1. The van der Waals surface area contributed by atoms with Crippen molar-refractivity contribution in [3.63, 3.8) is 0 Å². The third kappa shape index (κ3) is 3.46. The van der Waals surface area contributed by atoms with E-state index in [1.807, 2.05) is 0 Å². The number of halogens is 2. The molecule has 0 bridgehead atoms. The van der Waals surface area contributed by atoms with E-state index in [1.165, 1.54) is 12.1 Å². The predicted octanol–water partition coefficient (Wildman–Crippen LogP) is 3.36. The second kappa shape index (κ2) is 5.65. The van der Waals surface area contributed by atoms with Gasteiger partial charge in [-0.15, -0.1) is 10.2 Å². The molecule has 0 spiro atoms. The van der Waals surface area contributed by atoms with Crippen molar-refractivity contribution in [2.75, 3.05) is 10.6 Å². The molecule has 1 aliphatic carbocycles. The van der Waals surface area contributed by atoms with Crippen LogP contribution in [-0.4, -0.2) is 16.1 Å². The van der Waals surface area contributed by atoms with Crippen LogP contribution in [0.15, 0.2) is 30.3 Å². The summed E-state index contributed by atoms with van der Waals surface area (Å²) in [7, 11) is 0. The molecule has 5 nitrogen and oxygen atoms in total. The molecule has 0 atom stereocenters. The molecular formula is C14H12ClFN4O. The van der Waals surface area contributed by atoms with Crippen molar-refractivity contribution in [3.05, 3.63) is 41.2 Å². The Kier molecular flexibility index (Phi) is 3.70. The Balaban J connectivity index is 1.65. The Labute approximate surface area is 125 Å². The van der Waals surface area contributed by atoms with Crippen LogP contribution < -0.4 is 10.6 Å². The first-order valence-electron chi connectivity index (χ1n) is 6.48. The third-order valence-electron chi connectivity index (χ3n) is 3.06. The van der Waals surface area contributed by atoms with Crippen LogP contribution in [0.5, 0.6) is 0 Å². The van der Waals surface area contributed by atoms with E-state index in [0.29, 0.717) is 17.3 Å². The van der Waals surface area contributed by atoms with Gasteiger partial charge in [-0.05, 0) is 43.2 Å². The lowest BCUT2D eigenvalue weighted by atomic mass is 10.3. The third-order valence-corrected chi connectivity index (χ3v) is 3.35. The number of hydrogen-bond donors (Lipinski definition) is 2. The summed E-state index contributed by atoms with van der Waals surface area (Å²) in [5, 5.41) is 13.5. The average molecular weight is 307 g/mol. The zero-order valence-corrected chi connectivity index (χ0v) is 11.7. The maximum Gasteiger partial charge on any atom is 0.228 e. The van der Waals surface area contributed by atoms with Crippen LogP contribution in [0.3, 0.4) is 0 Å². The first-order valence-corrected chi connectivity index (χ1v) is 6.86. The van der Waals surface area contributed by atoms with Crippen LogP contribution in [0.25, 0.3) is 0 Å². The number of rotatable bonds is 4. The Morgan fingerprint density at radius 3 is 2.52 bits per heavy atom. The van der Waals surface area contributed by atoms with Crippen molar-refractivity contribution in [1.29, 1.82) is 0 Å². The Morgan fingerprint density at radius 1 is 1.19 bits per heavy atom. The fourth-order valence-electron chi connectivity index (χ4n) is 1.76. The van der Waals surface area contributed by atoms with Gasteiger partial charge in [-0.2, -0.15) is 0 Å². The van der Waals surface area contributed by atoms with Gasteiger partial charge >= 0.3 is 0 Å². The van der Waals surface area contributed by atoms with Gasteiger partial charge in [-0.1, -0.05) is 11.6 Å². The minimum absolute atomic E-state index is 0.0182. The van der Waals surface area contributed by atoms with E-state index in [0.717, 1.165) is 12.8 Å². The molecule has 0 aliphatic heterocycles. The van der Waals surface area contributed by atoms with Gasteiger partial charge in [0.1, 0.15) is 5.82 Å². The quantitative estimate of drug-likeness (QED) is 0.909. The van der Waals surface area contributed by atoms with Crippen molar-refractivity contribution in [3.8, 4) is 0 Å². The number of aromatic nitrogens is 2. The summed E-state index contributed by atoms with van der Waals surface area (Å²) < 4.78 is 13.1. The maximum atomic E-state index is 13.1. The predicted molar refractivity (Wildman–Crippen MR) is 78.1 cm³/mol. The lowest BCUT2D eigenvalue weighted by Crippen LogP contribution is -2.14. The van der Waals surface area contributed by atoms with Gasteiger partial charge in [-0.25, -0.2) is 4.39 Å². The lowest BCUT2D eigenvalue weighted by molar-refractivity contribution is -0.117. The van der Waals surface area contributed by atoms with E-state index >= 15 is 0 Å². The first-order chi connectivity index (χ1) is 10.1. The van der Waals surface area contributed by atoms with E-state index in [4.69, 9.17) is 11.6 Å². The van der Waals surface area contributed by atoms with E-state index < -0.39 is 5.82 Å². The number of carbonyl (C=O) groups excluding carboxylic acids is 1. The molecule has 1 saturated carbocycles. The highest BCUT2D eigenvalue weighted by Crippen LogP contribution is 2.30. The van der Waals surface area contributed by atoms with Crippen molar-refractivity contribution in [1.82, 2.24) is 10.2 Å². The summed E-state index contributed by atoms with van der Waals surface area (Å²) in [5.74, 6) is 0.504. The van der Waals surface area contributed by atoms with E-state index in [1.54, 1.807) is 18.2 Å². The highest BCUT2D eigenvalue weighted by Gasteiger charge is 2.29. The van der Waals surface area contributed by atoms with Gasteiger partial charge in [0, 0.05) is 11.6 Å². The maximum absolute atomic E-state index is 13.1. The summed E-state index contributed by atoms with van der Waals surface area (Å²) in [6, 6.07) is 7.60. The minimum Gasteiger partial charge on any atom is -0.339 e. The lowest BCUT2D eigenvalue weighted by Gasteiger charge is -2.07. The van der Waals surface area contributed by atoms with Gasteiger partial charge < -0.3 is 10.6 Å². The molecule has 3 rings (SSSR count). The van der Waals surface area contributed by atoms with Crippen LogP contribution in [-0.2, 0) is 4.79 Å². The second-order valence-electron chi connectivity index (χ2n) is 4.82. The second-order valence-corrected chi connectivity index (χ2v) is 5.23. The molecule has 0 saturated heterocycles. The van der Waals surface area contributed by atoms with Gasteiger partial charge in [-0.3, -0.25) is 4.79 Å². The SMILES string of the molecule is O=C(Nc1ccc(Nc2ccc(F)c(Cl)c2)nn1)C1CC1. The number of nitrogens with zero attached hydrogens (tertiary/aromatic N) is 2. The zero-order valence-electron chi connectivity index (χ0n) is 10.9. The van der Waals surface area contributed by atoms with E-state index in [9.17, 15) is 9.18 Å².